The van der Waals surface area contributed by atoms with Gasteiger partial charge in [-0.2, -0.15) is 0 Å². The van der Waals surface area contributed by atoms with Crippen molar-refractivity contribution in [2.75, 3.05) is 4.90 Å². The minimum atomic E-state index is -0.897. The maximum atomic E-state index is 13.2. The van der Waals surface area contributed by atoms with Crippen molar-refractivity contribution in [1.29, 1.82) is 0 Å². The molecule has 4 amide bonds. The number of amides is 4. The third-order valence-electron chi connectivity index (χ3n) is 5.52. The summed E-state index contributed by atoms with van der Waals surface area (Å²) in [5.41, 5.74) is 4.02. The van der Waals surface area contributed by atoms with Crippen molar-refractivity contribution < 1.29 is 14.4 Å². The van der Waals surface area contributed by atoms with Crippen LogP contribution in [0.5, 0.6) is 0 Å². The molecule has 0 radical (unpaired) electrons. The van der Waals surface area contributed by atoms with Gasteiger partial charge in [-0.15, -0.1) is 0 Å². The van der Waals surface area contributed by atoms with E-state index in [1.807, 2.05) is 49.6 Å². The highest BCUT2D eigenvalue weighted by Crippen LogP contribution is 2.35. The molecule has 1 fully saturated rings. The number of halogens is 3. The fourth-order valence-electron chi connectivity index (χ4n) is 3.84. The second-order valence-electron chi connectivity index (χ2n) is 7.58. The number of benzene rings is 2. The Hall–Kier alpha value is -3.06. The number of nitrogens with one attached hydrogen (secondary N) is 1. The number of hydrogen-bond donors (Lipinski definition) is 1. The largest absolute Gasteiger partial charge is 0.336 e. The Morgan fingerprint density at radius 3 is 2.21 bits per heavy atom. The Balaban J connectivity index is 1.81. The summed E-state index contributed by atoms with van der Waals surface area (Å²) in [6, 6.07) is 11.2. The van der Waals surface area contributed by atoms with Gasteiger partial charge in [0, 0.05) is 22.1 Å². The normalized spacial score (nSPS) is 15.4. The molecule has 9 heteroatoms. The molecule has 33 heavy (non-hydrogen) atoms. The zero-order valence-electron chi connectivity index (χ0n) is 17.9. The highest BCUT2D eigenvalue weighted by atomic mass is 35.5. The summed E-state index contributed by atoms with van der Waals surface area (Å²) >= 11 is 18.6. The summed E-state index contributed by atoms with van der Waals surface area (Å²) < 4.78 is 2.00. The van der Waals surface area contributed by atoms with Crippen molar-refractivity contribution in [2.24, 2.45) is 0 Å². The molecule has 0 unspecified atom stereocenters. The minimum absolute atomic E-state index is 0.0333. The Labute approximate surface area is 205 Å². The molecular formula is C24H18Cl3N3O3. The van der Waals surface area contributed by atoms with E-state index in [0.717, 1.165) is 27.5 Å². The molecule has 1 aliphatic rings. The molecule has 0 atom stereocenters. The SMILES string of the molecule is Cc1c(Cl)cccc1-n1c(C)cc(/C=C2\C(=O)NC(=O)N(c3cccc(Cl)c3Cl)C2=O)c1C. The molecule has 168 valence electrons. The summed E-state index contributed by atoms with van der Waals surface area (Å²) in [6.07, 6.45) is 1.47. The van der Waals surface area contributed by atoms with Crippen LogP contribution >= 0.6 is 34.8 Å². The first-order chi connectivity index (χ1) is 15.6. The number of anilines is 1. The predicted molar refractivity (Wildman–Crippen MR) is 130 cm³/mol. The zero-order valence-corrected chi connectivity index (χ0v) is 20.1. The van der Waals surface area contributed by atoms with Crippen LogP contribution in [0.2, 0.25) is 15.1 Å². The first-order valence-electron chi connectivity index (χ1n) is 9.91. The smallest absolute Gasteiger partial charge is 0.318 e. The van der Waals surface area contributed by atoms with Gasteiger partial charge in [-0.25, -0.2) is 9.69 Å². The van der Waals surface area contributed by atoms with Crippen LogP contribution in [-0.4, -0.2) is 22.4 Å². The lowest BCUT2D eigenvalue weighted by atomic mass is 10.1. The zero-order chi connectivity index (χ0) is 24.0. The van der Waals surface area contributed by atoms with E-state index in [4.69, 9.17) is 34.8 Å². The number of barbiturate groups is 1. The highest BCUT2D eigenvalue weighted by Gasteiger charge is 2.38. The average Bonchev–Trinajstić information content (AvgIpc) is 3.03. The maximum Gasteiger partial charge on any atom is 0.336 e. The molecule has 0 spiro atoms. The fraction of sp³-hybridized carbons (Fsp3) is 0.125. The van der Waals surface area contributed by atoms with Gasteiger partial charge in [0.25, 0.3) is 11.8 Å². The van der Waals surface area contributed by atoms with Crippen molar-refractivity contribution >= 4 is 64.4 Å². The first kappa shape index (κ1) is 23.1. The topological polar surface area (TPSA) is 71.4 Å². The number of carbonyl (C=O) groups excluding carboxylic acids is 3. The van der Waals surface area contributed by atoms with Gasteiger partial charge in [-0.3, -0.25) is 14.9 Å². The molecule has 2 heterocycles. The average molecular weight is 503 g/mol. The number of aromatic nitrogens is 1. The second-order valence-corrected chi connectivity index (χ2v) is 8.77. The van der Waals surface area contributed by atoms with E-state index < -0.39 is 17.8 Å². The summed E-state index contributed by atoms with van der Waals surface area (Å²) in [5.74, 6) is -1.58. The van der Waals surface area contributed by atoms with Crippen LogP contribution in [0, 0.1) is 20.8 Å². The quantitative estimate of drug-likeness (QED) is 0.351. The van der Waals surface area contributed by atoms with Crippen LogP contribution in [0.3, 0.4) is 0 Å². The van der Waals surface area contributed by atoms with Crippen LogP contribution in [0.1, 0.15) is 22.5 Å². The van der Waals surface area contributed by atoms with Crippen LogP contribution in [0.15, 0.2) is 48.0 Å². The number of hydrogen-bond acceptors (Lipinski definition) is 3. The summed E-state index contributed by atoms with van der Waals surface area (Å²) in [6.45, 7) is 5.71. The highest BCUT2D eigenvalue weighted by molar-refractivity contribution is 6.46. The Bertz CT molecular complexity index is 1370. The van der Waals surface area contributed by atoms with Gasteiger partial charge in [0.2, 0.25) is 0 Å². The molecular weight excluding hydrogens is 485 g/mol. The van der Waals surface area contributed by atoms with Crippen molar-refractivity contribution in [3.63, 3.8) is 0 Å². The number of aryl methyl sites for hydroxylation is 1. The van der Waals surface area contributed by atoms with Crippen molar-refractivity contribution in [2.45, 2.75) is 20.8 Å². The number of urea groups is 1. The number of carbonyl (C=O) groups is 3. The van der Waals surface area contributed by atoms with E-state index in [2.05, 4.69) is 5.32 Å². The molecule has 0 bridgehead atoms. The van der Waals surface area contributed by atoms with Gasteiger partial charge in [0.1, 0.15) is 5.57 Å². The molecule has 4 rings (SSSR count). The van der Waals surface area contributed by atoms with E-state index >= 15 is 0 Å². The van der Waals surface area contributed by atoms with Crippen molar-refractivity contribution in [3.05, 3.63) is 85.6 Å². The van der Waals surface area contributed by atoms with Crippen LogP contribution in [0.25, 0.3) is 11.8 Å². The molecule has 1 aliphatic heterocycles. The lowest BCUT2D eigenvalue weighted by Gasteiger charge is -2.27. The monoisotopic (exact) mass is 501 g/mol. The standard InChI is InChI=1S/C24H18Cl3N3O3/c1-12-10-15(14(3)29(12)19-8-4-6-17(25)13(19)2)11-16-22(31)28-24(33)30(23(16)32)20-9-5-7-18(26)21(20)27/h4-11H,1-3H3,(H,28,31,33)/b16-11+. The molecule has 1 N–H and O–H groups in total. The molecule has 0 aliphatic carbocycles. The molecule has 1 saturated heterocycles. The van der Waals surface area contributed by atoms with Crippen LogP contribution in [-0.2, 0) is 9.59 Å². The summed E-state index contributed by atoms with van der Waals surface area (Å²) in [5, 5.41) is 3.04. The van der Waals surface area contributed by atoms with Gasteiger partial charge in [0.15, 0.2) is 0 Å². The summed E-state index contributed by atoms with van der Waals surface area (Å²) in [7, 11) is 0. The van der Waals surface area contributed by atoms with Crippen LogP contribution in [0.4, 0.5) is 10.5 Å². The maximum absolute atomic E-state index is 13.2. The lowest BCUT2D eigenvalue weighted by Crippen LogP contribution is -2.54. The Morgan fingerprint density at radius 2 is 1.52 bits per heavy atom. The molecule has 2 aromatic carbocycles. The number of rotatable bonds is 3. The fourth-order valence-corrected chi connectivity index (χ4v) is 4.39. The number of imide groups is 2. The van der Waals surface area contributed by atoms with Crippen LogP contribution < -0.4 is 10.2 Å². The van der Waals surface area contributed by atoms with E-state index in [-0.39, 0.29) is 21.3 Å². The summed E-state index contributed by atoms with van der Waals surface area (Å²) in [4.78, 5) is 39.1. The van der Waals surface area contributed by atoms with Gasteiger partial charge in [-0.1, -0.05) is 46.9 Å². The molecule has 3 aromatic rings. The molecule has 6 nitrogen and oxygen atoms in total. The van der Waals surface area contributed by atoms with Gasteiger partial charge in [0.05, 0.1) is 15.7 Å². The Morgan fingerprint density at radius 1 is 0.879 bits per heavy atom. The Kier molecular flexibility index (Phi) is 6.10. The van der Waals surface area contributed by atoms with E-state index in [1.165, 1.54) is 18.2 Å². The van der Waals surface area contributed by atoms with E-state index in [1.54, 1.807) is 6.07 Å². The number of nitrogens with zero attached hydrogens (tertiary/aromatic N) is 2. The van der Waals surface area contributed by atoms with Gasteiger partial charge < -0.3 is 4.57 Å². The predicted octanol–water partition coefficient (Wildman–Crippen LogP) is 6.03. The third kappa shape index (κ3) is 3.95. The van der Waals surface area contributed by atoms with Gasteiger partial charge >= 0.3 is 6.03 Å². The van der Waals surface area contributed by atoms with E-state index in [0.29, 0.717) is 10.6 Å². The molecule has 0 saturated carbocycles. The second kappa shape index (κ2) is 8.71. The van der Waals surface area contributed by atoms with Crippen molar-refractivity contribution in [3.8, 4) is 5.69 Å². The lowest BCUT2D eigenvalue weighted by molar-refractivity contribution is -0.122. The van der Waals surface area contributed by atoms with E-state index in [9.17, 15) is 14.4 Å². The van der Waals surface area contributed by atoms with Gasteiger partial charge in [-0.05, 0) is 68.3 Å². The minimum Gasteiger partial charge on any atom is -0.318 e. The molecule has 1 aromatic heterocycles. The van der Waals surface area contributed by atoms with Crippen molar-refractivity contribution in [1.82, 2.24) is 9.88 Å². The first-order valence-corrected chi connectivity index (χ1v) is 11.0. The third-order valence-corrected chi connectivity index (χ3v) is 6.74.